The minimum Gasteiger partial charge on any atom is -0.388 e. The standard InChI is InChI=1S/C19H26FNO2/c1-17-7-5-12(22)9-11(17)3-4-13-14(17)6-8-18(2)15(13)10-16(23)19(18,20)21/h3,5,7,13-16,23H,4,6,8-10,21H2,1-2H3/t13-,14-,15+,16?,17+,18+,19?/m1/s1. The van der Waals surface area contributed by atoms with Gasteiger partial charge in [-0.15, -0.1) is 0 Å². The molecule has 0 aromatic rings. The van der Waals surface area contributed by atoms with Crippen molar-refractivity contribution in [1.29, 1.82) is 0 Å². The van der Waals surface area contributed by atoms with E-state index in [2.05, 4.69) is 19.1 Å². The van der Waals surface area contributed by atoms with Gasteiger partial charge in [-0.05, 0) is 49.5 Å². The Labute approximate surface area is 136 Å². The molecule has 2 fully saturated rings. The molecule has 126 valence electrons. The molecule has 0 spiro atoms. The predicted octanol–water partition coefficient (Wildman–Crippen LogP) is 2.89. The van der Waals surface area contributed by atoms with Gasteiger partial charge < -0.3 is 5.11 Å². The van der Waals surface area contributed by atoms with Gasteiger partial charge in [0.2, 0.25) is 0 Å². The molecule has 0 aliphatic heterocycles. The molecule has 7 atom stereocenters. The lowest BCUT2D eigenvalue weighted by Gasteiger charge is -2.56. The van der Waals surface area contributed by atoms with E-state index in [0.29, 0.717) is 31.1 Å². The summed E-state index contributed by atoms with van der Waals surface area (Å²) < 4.78 is 15.0. The molecule has 23 heavy (non-hydrogen) atoms. The largest absolute Gasteiger partial charge is 0.388 e. The highest BCUT2D eigenvalue weighted by Gasteiger charge is 2.66. The van der Waals surface area contributed by atoms with Crippen molar-refractivity contribution in [1.82, 2.24) is 0 Å². The molecule has 0 radical (unpaired) electrons. The summed E-state index contributed by atoms with van der Waals surface area (Å²) >= 11 is 0. The number of aliphatic hydroxyl groups excluding tert-OH is 1. The topological polar surface area (TPSA) is 63.3 Å². The number of fused-ring (bicyclic) bond motifs is 5. The Morgan fingerprint density at radius 3 is 2.83 bits per heavy atom. The van der Waals surface area contributed by atoms with Gasteiger partial charge >= 0.3 is 0 Å². The maximum Gasteiger partial charge on any atom is 0.190 e. The van der Waals surface area contributed by atoms with Crippen molar-refractivity contribution in [3.8, 4) is 0 Å². The lowest BCUT2D eigenvalue weighted by Crippen LogP contribution is -2.58. The van der Waals surface area contributed by atoms with Crippen molar-refractivity contribution >= 4 is 5.78 Å². The van der Waals surface area contributed by atoms with E-state index >= 15 is 4.39 Å². The number of allylic oxidation sites excluding steroid dienone is 4. The zero-order valence-corrected chi connectivity index (χ0v) is 13.9. The number of nitrogens with two attached hydrogens (primary N) is 1. The molecule has 4 aliphatic rings. The highest BCUT2D eigenvalue weighted by Crippen LogP contribution is 2.66. The Balaban J connectivity index is 1.74. The molecule has 3 nitrogen and oxygen atoms in total. The van der Waals surface area contributed by atoms with Crippen LogP contribution in [-0.2, 0) is 4.79 Å². The Hall–Kier alpha value is -1.00. The van der Waals surface area contributed by atoms with Crippen LogP contribution in [-0.4, -0.2) is 22.8 Å². The van der Waals surface area contributed by atoms with Crippen LogP contribution in [0.25, 0.3) is 0 Å². The van der Waals surface area contributed by atoms with Crippen LogP contribution in [0.5, 0.6) is 0 Å². The van der Waals surface area contributed by atoms with Crippen LogP contribution in [0.1, 0.15) is 46.0 Å². The minimum absolute atomic E-state index is 0.0979. The van der Waals surface area contributed by atoms with Crippen LogP contribution < -0.4 is 5.73 Å². The SMILES string of the molecule is C[C@]12C=CC(=O)CC1=CC[C@@H]1[C@H]2CC[C@@]2(C)[C@H]1CC(O)C2(N)F. The Kier molecular flexibility index (Phi) is 3.07. The van der Waals surface area contributed by atoms with Crippen LogP contribution in [0.2, 0.25) is 0 Å². The maximum absolute atomic E-state index is 15.0. The smallest absolute Gasteiger partial charge is 0.190 e. The van der Waals surface area contributed by atoms with Gasteiger partial charge in [-0.25, -0.2) is 4.39 Å². The summed E-state index contributed by atoms with van der Waals surface area (Å²) in [5.74, 6) is -0.978. The predicted molar refractivity (Wildman–Crippen MR) is 86.0 cm³/mol. The molecule has 0 aromatic heterocycles. The fourth-order valence-corrected chi connectivity index (χ4v) is 6.13. The molecule has 0 saturated heterocycles. The minimum atomic E-state index is -1.99. The molecule has 2 unspecified atom stereocenters. The van der Waals surface area contributed by atoms with Crippen molar-refractivity contribution < 1.29 is 14.3 Å². The van der Waals surface area contributed by atoms with Gasteiger partial charge in [0.05, 0.1) is 0 Å². The van der Waals surface area contributed by atoms with Gasteiger partial charge in [0.25, 0.3) is 0 Å². The summed E-state index contributed by atoms with van der Waals surface area (Å²) in [6.45, 7) is 4.14. The number of ketones is 1. The summed E-state index contributed by atoms with van der Waals surface area (Å²) in [5.41, 5.74) is 6.41. The Morgan fingerprint density at radius 2 is 2.09 bits per heavy atom. The van der Waals surface area contributed by atoms with Crippen molar-refractivity contribution in [2.24, 2.45) is 34.3 Å². The quantitative estimate of drug-likeness (QED) is 0.533. The van der Waals surface area contributed by atoms with Crippen molar-refractivity contribution in [3.05, 3.63) is 23.8 Å². The number of hydrogen-bond acceptors (Lipinski definition) is 3. The highest BCUT2D eigenvalue weighted by molar-refractivity contribution is 5.93. The van der Waals surface area contributed by atoms with E-state index < -0.39 is 17.3 Å². The Morgan fingerprint density at radius 1 is 1.35 bits per heavy atom. The number of hydrogen-bond donors (Lipinski definition) is 2. The summed E-state index contributed by atoms with van der Waals surface area (Å²) in [5, 5.41) is 10.2. The first-order valence-corrected chi connectivity index (χ1v) is 8.77. The van der Waals surface area contributed by atoms with Crippen LogP contribution >= 0.6 is 0 Å². The van der Waals surface area contributed by atoms with Crippen LogP contribution in [0.4, 0.5) is 4.39 Å². The van der Waals surface area contributed by atoms with Crippen molar-refractivity contribution in [2.75, 3.05) is 0 Å². The lowest BCUT2D eigenvalue weighted by molar-refractivity contribution is -0.115. The molecule has 3 N–H and O–H groups in total. The molecular formula is C19H26FNO2. The normalized spacial score (nSPS) is 55.0. The average Bonchev–Trinajstić information content (AvgIpc) is 2.67. The number of alkyl halides is 1. The first-order valence-electron chi connectivity index (χ1n) is 8.77. The first kappa shape index (κ1) is 15.5. The second kappa shape index (κ2) is 4.54. The van der Waals surface area contributed by atoms with Gasteiger partial charge in [-0.3, -0.25) is 10.5 Å². The van der Waals surface area contributed by atoms with E-state index in [-0.39, 0.29) is 17.1 Å². The number of carbonyl (C=O) groups is 1. The van der Waals surface area contributed by atoms with E-state index in [9.17, 15) is 9.90 Å². The van der Waals surface area contributed by atoms with Crippen LogP contribution in [0.3, 0.4) is 0 Å². The van der Waals surface area contributed by atoms with Gasteiger partial charge in [-0.2, -0.15) is 0 Å². The second-order valence-electron chi connectivity index (χ2n) is 8.58. The molecule has 0 amide bonds. The highest BCUT2D eigenvalue weighted by atomic mass is 19.1. The molecule has 0 heterocycles. The van der Waals surface area contributed by atoms with E-state index in [1.54, 1.807) is 6.08 Å². The second-order valence-corrected chi connectivity index (χ2v) is 8.58. The van der Waals surface area contributed by atoms with Crippen molar-refractivity contribution in [3.63, 3.8) is 0 Å². The number of halogens is 1. The summed E-state index contributed by atoms with van der Waals surface area (Å²) in [4.78, 5) is 11.8. The molecule has 4 rings (SSSR count). The first-order chi connectivity index (χ1) is 10.7. The lowest BCUT2D eigenvalue weighted by atomic mass is 9.49. The molecule has 0 bridgehead atoms. The zero-order chi connectivity index (χ0) is 16.6. The van der Waals surface area contributed by atoms with E-state index in [1.807, 2.05) is 6.92 Å². The van der Waals surface area contributed by atoms with Gasteiger partial charge in [0, 0.05) is 17.3 Å². The summed E-state index contributed by atoms with van der Waals surface area (Å²) in [6, 6.07) is 0. The summed E-state index contributed by atoms with van der Waals surface area (Å²) in [7, 11) is 0. The van der Waals surface area contributed by atoms with Gasteiger partial charge in [0.15, 0.2) is 11.6 Å². The maximum atomic E-state index is 15.0. The van der Waals surface area contributed by atoms with Crippen LogP contribution in [0, 0.1) is 28.6 Å². The fraction of sp³-hybridized carbons (Fsp3) is 0.737. The zero-order valence-electron chi connectivity index (χ0n) is 13.9. The number of carbonyl (C=O) groups excluding carboxylic acids is 1. The van der Waals surface area contributed by atoms with Crippen molar-refractivity contribution in [2.45, 2.75) is 57.8 Å². The van der Waals surface area contributed by atoms with Gasteiger partial charge in [0.1, 0.15) is 6.10 Å². The third kappa shape index (κ3) is 1.79. The van der Waals surface area contributed by atoms with E-state index in [0.717, 1.165) is 12.8 Å². The van der Waals surface area contributed by atoms with Gasteiger partial charge in [-0.1, -0.05) is 31.6 Å². The molecular weight excluding hydrogens is 293 g/mol. The number of rotatable bonds is 0. The van der Waals surface area contributed by atoms with Crippen LogP contribution in [0.15, 0.2) is 23.8 Å². The van der Waals surface area contributed by atoms with E-state index in [4.69, 9.17) is 5.73 Å². The monoisotopic (exact) mass is 319 g/mol. The molecule has 4 heteroatoms. The Bertz CT molecular complexity index is 625. The molecule has 2 saturated carbocycles. The van der Waals surface area contributed by atoms with E-state index in [1.165, 1.54) is 5.57 Å². The third-order valence-corrected chi connectivity index (χ3v) is 7.74. The average molecular weight is 319 g/mol. The summed E-state index contributed by atoms with van der Waals surface area (Å²) in [6.07, 6.45) is 8.37. The third-order valence-electron chi connectivity index (χ3n) is 7.74. The number of aliphatic hydroxyl groups is 1. The fourth-order valence-electron chi connectivity index (χ4n) is 6.13. The molecule has 0 aromatic carbocycles. The molecule has 4 aliphatic carbocycles.